The predicted molar refractivity (Wildman–Crippen MR) is 90.8 cm³/mol. The molecule has 2 heterocycles. The molecule has 0 aliphatic rings. The molecule has 0 radical (unpaired) electrons. The molecule has 3 rings (SSSR count). The summed E-state index contributed by atoms with van der Waals surface area (Å²) < 4.78 is 6.94. The van der Waals surface area contributed by atoms with Crippen molar-refractivity contribution in [1.29, 1.82) is 0 Å². The van der Waals surface area contributed by atoms with Crippen LogP contribution in [0.4, 0.5) is 0 Å². The van der Waals surface area contributed by atoms with Crippen LogP contribution in [0, 0.1) is 13.8 Å². The van der Waals surface area contributed by atoms with E-state index in [4.69, 9.17) is 16.1 Å². The maximum absolute atomic E-state index is 12.6. The lowest BCUT2D eigenvalue weighted by Crippen LogP contribution is -2.23. The third kappa shape index (κ3) is 3.05. The zero-order valence-corrected chi connectivity index (χ0v) is 14.4. The van der Waals surface area contributed by atoms with Gasteiger partial charge in [-0.3, -0.25) is 9.48 Å². The van der Waals surface area contributed by atoms with Gasteiger partial charge in [-0.15, -0.1) is 0 Å². The Morgan fingerprint density at radius 3 is 2.75 bits per heavy atom. The van der Waals surface area contributed by atoms with Gasteiger partial charge >= 0.3 is 0 Å². The predicted octanol–water partition coefficient (Wildman–Crippen LogP) is 3.28. The van der Waals surface area contributed by atoms with Crippen molar-refractivity contribution in [2.24, 2.45) is 7.05 Å². The summed E-state index contributed by atoms with van der Waals surface area (Å²) in [6, 6.07) is 7.22. The van der Waals surface area contributed by atoms with Crippen LogP contribution in [0.15, 0.2) is 35.0 Å². The van der Waals surface area contributed by atoms with Crippen molar-refractivity contribution in [2.75, 3.05) is 0 Å². The third-order valence-corrected chi connectivity index (χ3v) is 4.10. The van der Waals surface area contributed by atoms with Crippen LogP contribution in [0.3, 0.4) is 0 Å². The van der Waals surface area contributed by atoms with Gasteiger partial charge in [-0.2, -0.15) is 5.10 Å². The number of amides is 1. The highest BCUT2D eigenvalue weighted by Crippen LogP contribution is 2.30. The van der Waals surface area contributed by atoms with E-state index in [9.17, 15) is 4.79 Å². The van der Waals surface area contributed by atoms with Gasteiger partial charge in [0.2, 0.25) is 0 Å². The van der Waals surface area contributed by atoms with Crippen molar-refractivity contribution >= 4 is 17.5 Å². The number of nitrogens with one attached hydrogen (secondary N) is 1. The SMILES string of the molecule is Cc1nn(C)cc1CNC(=O)c1c(-c2ccccc2Cl)noc1C. The number of halogens is 1. The number of aryl methyl sites for hydroxylation is 3. The van der Waals surface area contributed by atoms with Crippen LogP contribution in [0.2, 0.25) is 5.02 Å². The van der Waals surface area contributed by atoms with E-state index in [1.165, 1.54) is 0 Å². The molecular weight excluding hydrogens is 328 g/mol. The first-order valence-electron chi connectivity index (χ1n) is 7.46. The van der Waals surface area contributed by atoms with Crippen molar-refractivity contribution in [1.82, 2.24) is 20.3 Å². The molecule has 0 bridgehead atoms. The molecule has 0 saturated carbocycles. The summed E-state index contributed by atoms with van der Waals surface area (Å²) in [6.07, 6.45) is 1.88. The van der Waals surface area contributed by atoms with Gasteiger partial charge in [0.25, 0.3) is 5.91 Å². The first-order chi connectivity index (χ1) is 11.5. The Balaban J connectivity index is 1.87. The largest absolute Gasteiger partial charge is 0.360 e. The molecule has 0 aliphatic carbocycles. The Morgan fingerprint density at radius 2 is 2.08 bits per heavy atom. The molecule has 24 heavy (non-hydrogen) atoms. The maximum Gasteiger partial charge on any atom is 0.257 e. The maximum atomic E-state index is 12.6. The molecule has 6 nitrogen and oxygen atoms in total. The lowest BCUT2D eigenvalue weighted by molar-refractivity contribution is 0.0950. The highest BCUT2D eigenvalue weighted by Gasteiger charge is 2.23. The normalized spacial score (nSPS) is 10.8. The molecule has 2 aromatic heterocycles. The molecular formula is C17H17ClN4O2. The molecule has 0 fully saturated rings. The summed E-state index contributed by atoms with van der Waals surface area (Å²) in [4.78, 5) is 12.6. The average molecular weight is 345 g/mol. The number of nitrogens with zero attached hydrogens (tertiary/aromatic N) is 3. The van der Waals surface area contributed by atoms with Gasteiger partial charge in [0.05, 0.1) is 10.7 Å². The number of benzene rings is 1. The Bertz CT molecular complexity index is 898. The van der Waals surface area contributed by atoms with Gasteiger partial charge in [0, 0.05) is 30.9 Å². The Kier molecular flexibility index (Phi) is 4.40. The van der Waals surface area contributed by atoms with Crippen LogP contribution in [0.1, 0.15) is 27.4 Å². The van der Waals surface area contributed by atoms with E-state index in [1.54, 1.807) is 17.7 Å². The highest BCUT2D eigenvalue weighted by molar-refractivity contribution is 6.33. The van der Waals surface area contributed by atoms with Crippen LogP contribution in [-0.4, -0.2) is 20.8 Å². The molecule has 1 N–H and O–H groups in total. The standard InChI is InChI=1S/C17H17ClN4O2/c1-10-12(9-22(3)20-10)8-19-17(23)15-11(2)24-21-16(15)13-6-4-5-7-14(13)18/h4-7,9H,8H2,1-3H3,(H,19,23). The van der Waals surface area contributed by atoms with Gasteiger partial charge in [-0.05, 0) is 19.9 Å². The Morgan fingerprint density at radius 1 is 1.33 bits per heavy atom. The number of hydrogen-bond acceptors (Lipinski definition) is 4. The number of rotatable bonds is 4. The minimum Gasteiger partial charge on any atom is -0.360 e. The molecule has 0 saturated heterocycles. The van der Waals surface area contributed by atoms with Gasteiger partial charge < -0.3 is 9.84 Å². The molecule has 0 aliphatic heterocycles. The molecule has 7 heteroatoms. The van der Waals surface area contributed by atoms with Crippen molar-refractivity contribution in [3.05, 3.63) is 58.1 Å². The van der Waals surface area contributed by atoms with E-state index in [1.807, 2.05) is 38.4 Å². The Labute approximate surface area is 144 Å². The minimum absolute atomic E-state index is 0.257. The van der Waals surface area contributed by atoms with Gasteiger partial charge in [-0.25, -0.2) is 0 Å². The fourth-order valence-electron chi connectivity index (χ4n) is 2.56. The van der Waals surface area contributed by atoms with Crippen LogP contribution < -0.4 is 5.32 Å². The van der Waals surface area contributed by atoms with E-state index in [-0.39, 0.29) is 5.91 Å². The summed E-state index contributed by atoms with van der Waals surface area (Å²) in [7, 11) is 1.85. The number of carbonyl (C=O) groups excluding carboxylic acids is 1. The highest BCUT2D eigenvalue weighted by atomic mass is 35.5. The molecule has 1 aromatic carbocycles. The van der Waals surface area contributed by atoms with Gasteiger partial charge in [-0.1, -0.05) is 35.0 Å². The van der Waals surface area contributed by atoms with E-state index in [0.717, 1.165) is 11.3 Å². The summed E-state index contributed by atoms with van der Waals surface area (Å²) in [5.74, 6) is 0.192. The fourth-order valence-corrected chi connectivity index (χ4v) is 2.79. The van der Waals surface area contributed by atoms with E-state index in [0.29, 0.717) is 34.1 Å². The molecule has 3 aromatic rings. The van der Waals surface area contributed by atoms with Crippen LogP contribution in [0.5, 0.6) is 0 Å². The molecule has 0 spiro atoms. The van der Waals surface area contributed by atoms with Gasteiger partial charge in [0.1, 0.15) is 17.0 Å². The van der Waals surface area contributed by atoms with Crippen molar-refractivity contribution in [3.8, 4) is 11.3 Å². The molecule has 0 atom stereocenters. The fraction of sp³-hybridized carbons (Fsp3) is 0.235. The monoisotopic (exact) mass is 344 g/mol. The first kappa shape index (κ1) is 16.3. The van der Waals surface area contributed by atoms with Crippen LogP contribution in [-0.2, 0) is 13.6 Å². The number of aromatic nitrogens is 3. The van der Waals surface area contributed by atoms with Crippen molar-refractivity contribution in [2.45, 2.75) is 20.4 Å². The summed E-state index contributed by atoms with van der Waals surface area (Å²) in [5.41, 5.74) is 3.34. The third-order valence-electron chi connectivity index (χ3n) is 3.77. The van der Waals surface area contributed by atoms with Crippen LogP contribution >= 0.6 is 11.6 Å². The number of hydrogen-bond donors (Lipinski definition) is 1. The Hall–Kier alpha value is -2.60. The zero-order valence-electron chi connectivity index (χ0n) is 13.6. The second-order valence-electron chi connectivity index (χ2n) is 5.54. The van der Waals surface area contributed by atoms with Gasteiger partial charge in [0.15, 0.2) is 0 Å². The topological polar surface area (TPSA) is 73.0 Å². The first-order valence-corrected chi connectivity index (χ1v) is 7.83. The molecule has 124 valence electrons. The second kappa shape index (κ2) is 6.49. The van der Waals surface area contributed by atoms with Crippen molar-refractivity contribution < 1.29 is 9.32 Å². The molecule has 1 amide bonds. The van der Waals surface area contributed by atoms with Crippen LogP contribution in [0.25, 0.3) is 11.3 Å². The zero-order chi connectivity index (χ0) is 17.3. The second-order valence-corrected chi connectivity index (χ2v) is 5.95. The lowest BCUT2D eigenvalue weighted by Gasteiger charge is -2.06. The number of carbonyl (C=O) groups is 1. The summed E-state index contributed by atoms with van der Waals surface area (Å²) >= 11 is 6.22. The summed E-state index contributed by atoms with van der Waals surface area (Å²) in [5, 5.41) is 11.7. The van der Waals surface area contributed by atoms with Crippen molar-refractivity contribution in [3.63, 3.8) is 0 Å². The van der Waals surface area contributed by atoms with E-state index < -0.39 is 0 Å². The van der Waals surface area contributed by atoms with E-state index >= 15 is 0 Å². The lowest BCUT2D eigenvalue weighted by atomic mass is 10.1. The quantitative estimate of drug-likeness (QED) is 0.788. The average Bonchev–Trinajstić information content (AvgIpc) is 3.07. The summed E-state index contributed by atoms with van der Waals surface area (Å²) in [6.45, 7) is 3.99. The van der Waals surface area contributed by atoms with E-state index in [2.05, 4.69) is 15.6 Å². The minimum atomic E-state index is -0.257. The molecule has 0 unspecified atom stereocenters. The smallest absolute Gasteiger partial charge is 0.257 e.